The number of hydrogen-bond donors (Lipinski definition) is 1. The number of fused-ring (bicyclic) bond motifs is 1. The number of H-pyrrole nitrogens is 1. The average molecular weight is 406 g/mol. The molecule has 0 spiro atoms. The predicted octanol–water partition coefficient (Wildman–Crippen LogP) is 5.60. The molecule has 3 aromatic rings. The van der Waals surface area contributed by atoms with Crippen LogP contribution in [0.25, 0.3) is 34.0 Å². The first-order chi connectivity index (χ1) is 15.1. The average Bonchev–Trinajstić information content (AvgIpc) is 3.35. The number of carbonyl (C=O) groups is 1. The lowest BCUT2D eigenvalue weighted by molar-refractivity contribution is 0.101. The molecule has 0 atom stereocenters. The third kappa shape index (κ3) is 3.55. The smallest absolute Gasteiger partial charge is 0.177 e. The molecule has 5 nitrogen and oxygen atoms in total. The highest BCUT2D eigenvalue weighted by molar-refractivity contribution is 6.05. The molecule has 2 aliphatic rings. The van der Waals surface area contributed by atoms with E-state index in [9.17, 15) is 4.79 Å². The molecule has 0 amide bonds. The largest absolute Gasteiger partial charge is 0.355 e. The van der Waals surface area contributed by atoms with Gasteiger partial charge in [-0.05, 0) is 31.0 Å². The van der Waals surface area contributed by atoms with E-state index in [2.05, 4.69) is 21.7 Å². The van der Waals surface area contributed by atoms with Crippen molar-refractivity contribution in [3.8, 4) is 34.0 Å². The van der Waals surface area contributed by atoms with E-state index in [4.69, 9.17) is 9.97 Å². The fourth-order valence-corrected chi connectivity index (χ4v) is 4.08. The third-order valence-corrected chi connectivity index (χ3v) is 5.46. The molecule has 0 bridgehead atoms. The Morgan fingerprint density at radius 2 is 1.61 bits per heavy atom. The van der Waals surface area contributed by atoms with E-state index >= 15 is 0 Å². The van der Waals surface area contributed by atoms with E-state index < -0.39 is 0 Å². The van der Waals surface area contributed by atoms with Crippen LogP contribution in [-0.2, 0) is 6.54 Å². The van der Waals surface area contributed by atoms with Crippen LogP contribution in [0.2, 0.25) is 0 Å². The van der Waals surface area contributed by atoms with Crippen LogP contribution in [0.3, 0.4) is 0 Å². The van der Waals surface area contributed by atoms with E-state index in [-0.39, 0.29) is 5.78 Å². The molecule has 0 radical (unpaired) electrons. The lowest BCUT2D eigenvalue weighted by atomic mass is 9.98. The quantitative estimate of drug-likeness (QED) is 0.386. The zero-order valence-corrected chi connectivity index (χ0v) is 17.5. The van der Waals surface area contributed by atoms with Crippen molar-refractivity contribution in [3.63, 3.8) is 0 Å². The van der Waals surface area contributed by atoms with Crippen molar-refractivity contribution in [2.24, 2.45) is 0 Å². The molecule has 31 heavy (non-hydrogen) atoms. The summed E-state index contributed by atoms with van der Waals surface area (Å²) in [5.41, 5.74) is 7.00. The summed E-state index contributed by atoms with van der Waals surface area (Å²) in [4.78, 5) is 25.4. The highest BCUT2D eigenvalue weighted by Gasteiger charge is 2.24. The van der Waals surface area contributed by atoms with Crippen molar-refractivity contribution >= 4 is 5.78 Å². The van der Waals surface area contributed by atoms with E-state index in [1.165, 1.54) is 5.56 Å². The minimum Gasteiger partial charge on any atom is -0.355 e. The number of aryl methyl sites for hydroxylation is 1. The predicted molar refractivity (Wildman–Crippen MR) is 122 cm³/mol. The van der Waals surface area contributed by atoms with Crippen LogP contribution in [0.4, 0.5) is 0 Å². The Morgan fingerprint density at radius 3 is 2.32 bits per heavy atom. The lowest BCUT2D eigenvalue weighted by Gasteiger charge is -2.07. The van der Waals surface area contributed by atoms with Gasteiger partial charge >= 0.3 is 0 Å². The van der Waals surface area contributed by atoms with Crippen LogP contribution in [-0.4, -0.2) is 25.3 Å². The highest BCUT2D eigenvalue weighted by Crippen LogP contribution is 2.37. The minimum atomic E-state index is 0.0238. The fourth-order valence-electron chi connectivity index (χ4n) is 4.08. The van der Waals surface area contributed by atoms with E-state index in [0.717, 1.165) is 40.4 Å². The summed E-state index contributed by atoms with van der Waals surface area (Å²) in [6.45, 7) is 4.29. The van der Waals surface area contributed by atoms with Gasteiger partial charge in [-0.25, -0.2) is 9.97 Å². The van der Waals surface area contributed by atoms with Gasteiger partial charge in [0.1, 0.15) is 5.69 Å². The zero-order chi connectivity index (χ0) is 21.4. The number of ketones is 1. The molecule has 0 saturated heterocycles. The van der Waals surface area contributed by atoms with Gasteiger partial charge in [-0.15, -0.1) is 0 Å². The van der Waals surface area contributed by atoms with Crippen molar-refractivity contribution in [1.82, 2.24) is 19.5 Å². The first-order valence-electron chi connectivity index (χ1n) is 10.3. The molecule has 0 saturated carbocycles. The van der Waals surface area contributed by atoms with Gasteiger partial charge in [-0.2, -0.15) is 0 Å². The highest BCUT2D eigenvalue weighted by atomic mass is 16.1. The SMILES string of the molecule is CC(=O)c1c(C)[nH]c(-c2nc3ccn(Cc4ccccc4)cc-3n2)c1-c1ccccc1. The fraction of sp³-hybridized carbons (Fsp3) is 0.115. The number of pyridine rings is 1. The van der Waals surface area contributed by atoms with Gasteiger partial charge in [0, 0.05) is 35.8 Å². The number of aromatic amines is 1. The number of nitrogens with one attached hydrogen (secondary N) is 1. The summed E-state index contributed by atoms with van der Waals surface area (Å²) in [7, 11) is 0. The van der Waals surface area contributed by atoms with Crippen molar-refractivity contribution in [2.45, 2.75) is 20.4 Å². The Hall–Kier alpha value is -3.99. The number of hydrogen-bond acceptors (Lipinski definition) is 3. The first kappa shape index (κ1) is 19.0. The van der Waals surface area contributed by atoms with E-state index in [0.29, 0.717) is 11.4 Å². The van der Waals surface area contributed by atoms with Crippen LogP contribution in [0.15, 0.2) is 79.1 Å². The Balaban J connectivity index is 1.61. The molecule has 2 aliphatic heterocycles. The maximum Gasteiger partial charge on any atom is 0.177 e. The molecule has 3 heterocycles. The second-order valence-corrected chi connectivity index (χ2v) is 7.72. The number of benzene rings is 2. The molecule has 0 unspecified atom stereocenters. The molecule has 2 aromatic carbocycles. The summed E-state index contributed by atoms with van der Waals surface area (Å²) >= 11 is 0. The third-order valence-electron chi connectivity index (χ3n) is 5.46. The number of carbonyl (C=O) groups excluding carboxylic acids is 1. The molecule has 152 valence electrons. The van der Waals surface area contributed by atoms with E-state index in [1.54, 1.807) is 6.92 Å². The number of imidazole rings is 1. The zero-order valence-electron chi connectivity index (χ0n) is 17.5. The number of Topliss-reactive ketones (excluding diaryl/α,β-unsaturated/α-hetero) is 1. The Kier molecular flexibility index (Phi) is 4.71. The summed E-state index contributed by atoms with van der Waals surface area (Å²) in [6.07, 6.45) is 4.04. The molecule has 5 heteroatoms. The Labute approximate surface area is 180 Å². The van der Waals surface area contributed by atoms with Gasteiger partial charge in [-0.1, -0.05) is 60.7 Å². The maximum absolute atomic E-state index is 12.4. The van der Waals surface area contributed by atoms with Gasteiger partial charge in [0.15, 0.2) is 11.6 Å². The number of nitrogens with zero attached hydrogens (tertiary/aromatic N) is 3. The number of rotatable bonds is 5. The molecular weight excluding hydrogens is 384 g/mol. The molecule has 1 aromatic heterocycles. The van der Waals surface area contributed by atoms with Crippen molar-refractivity contribution in [1.29, 1.82) is 0 Å². The van der Waals surface area contributed by atoms with Gasteiger partial charge in [0.25, 0.3) is 0 Å². The van der Waals surface area contributed by atoms with Crippen molar-refractivity contribution in [3.05, 3.63) is 95.9 Å². The summed E-state index contributed by atoms with van der Waals surface area (Å²) < 4.78 is 2.11. The molecule has 1 N–H and O–H groups in total. The molecule has 0 aliphatic carbocycles. The Morgan fingerprint density at radius 1 is 0.935 bits per heavy atom. The normalized spacial score (nSPS) is 11.2. The number of aromatic nitrogens is 4. The van der Waals surface area contributed by atoms with Gasteiger partial charge in [-0.3, -0.25) is 4.79 Å². The minimum absolute atomic E-state index is 0.0238. The molecule has 0 fully saturated rings. The van der Waals surface area contributed by atoms with Gasteiger partial charge in [0.2, 0.25) is 0 Å². The maximum atomic E-state index is 12.4. The van der Waals surface area contributed by atoms with Crippen LogP contribution in [0.1, 0.15) is 28.5 Å². The van der Waals surface area contributed by atoms with Crippen molar-refractivity contribution in [2.75, 3.05) is 0 Å². The second-order valence-electron chi connectivity index (χ2n) is 7.72. The molecule has 5 rings (SSSR count). The van der Waals surface area contributed by atoms with E-state index in [1.807, 2.05) is 73.9 Å². The van der Waals surface area contributed by atoms with Gasteiger partial charge < -0.3 is 9.55 Å². The monoisotopic (exact) mass is 406 g/mol. The van der Waals surface area contributed by atoms with Crippen LogP contribution >= 0.6 is 0 Å². The van der Waals surface area contributed by atoms with Crippen LogP contribution in [0, 0.1) is 6.92 Å². The standard InChI is InChI=1S/C26H22N4O/c1-17-23(18(2)31)24(20-11-7-4-8-12-20)25(27-17)26-28-21-13-14-30(16-22(21)29-26)15-19-9-5-3-6-10-19/h3-14,16,27H,15H2,1-2H3. The van der Waals surface area contributed by atoms with Gasteiger partial charge in [0.05, 0.1) is 11.4 Å². The first-order valence-corrected chi connectivity index (χ1v) is 10.3. The topological polar surface area (TPSA) is 63.6 Å². The molecular formula is C26H22N4O. The summed E-state index contributed by atoms with van der Waals surface area (Å²) in [5, 5.41) is 0. The second kappa shape index (κ2) is 7.69. The van der Waals surface area contributed by atoms with Crippen LogP contribution in [0.5, 0.6) is 0 Å². The van der Waals surface area contributed by atoms with Crippen molar-refractivity contribution < 1.29 is 4.79 Å². The Bertz CT molecular complexity index is 1330. The lowest BCUT2D eigenvalue weighted by Crippen LogP contribution is -2.00. The van der Waals surface area contributed by atoms with Crippen LogP contribution < -0.4 is 0 Å². The summed E-state index contributed by atoms with van der Waals surface area (Å²) in [6, 6.07) is 22.2. The summed E-state index contributed by atoms with van der Waals surface area (Å²) in [5.74, 6) is 0.623.